The van der Waals surface area contributed by atoms with E-state index in [0.717, 1.165) is 13.1 Å². The minimum absolute atomic E-state index is 0.207. The van der Waals surface area contributed by atoms with Crippen molar-refractivity contribution < 1.29 is 14.3 Å². The minimum Gasteiger partial charge on any atom is -0.463 e. The van der Waals surface area contributed by atoms with Gasteiger partial charge in [0.15, 0.2) is 0 Å². The van der Waals surface area contributed by atoms with Crippen LogP contribution in [0.25, 0.3) is 0 Å². The summed E-state index contributed by atoms with van der Waals surface area (Å²) in [7, 11) is 0. The molecule has 0 aliphatic carbocycles. The van der Waals surface area contributed by atoms with Crippen molar-refractivity contribution in [1.29, 1.82) is 0 Å². The van der Waals surface area contributed by atoms with Crippen molar-refractivity contribution in [2.75, 3.05) is 26.2 Å². The van der Waals surface area contributed by atoms with E-state index in [-0.39, 0.29) is 18.2 Å². The molecule has 0 aromatic heterocycles. The summed E-state index contributed by atoms with van der Waals surface area (Å²) in [5.74, 6) is -0.297. The van der Waals surface area contributed by atoms with E-state index < -0.39 is 0 Å². The molecule has 0 aromatic rings. The lowest BCUT2D eigenvalue weighted by molar-refractivity contribution is -0.139. The van der Waals surface area contributed by atoms with Crippen LogP contribution >= 0.6 is 0 Å². The Morgan fingerprint density at radius 2 is 2.00 bits per heavy atom. The van der Waals surface area contributed by atoms with Gasteiger partial charge in [0, 0.05) is 25.2 Å². The van der Waals surface area contributed by atoms with Crippen LogP contribution in [0, 0.1) is 0 Å². The number of esters is 1. The van der Waals surface area contributed by atoms with Crippen LogP contribution in [0.3, 0.4) is 0 Å². The fourth-order valence-corrected chi connectivity index (χ4v) is 1.98. The molecule has 0 N–H and O–H groups in total. The molecule has 16 heavy (non-hydrogen) atoms. The smallest absolute Gasteiger partial charge is 0.334 e. The number of carbonyl (C=O) groups excluding carboxylic acids is 1. The Kier molecular flexibility index (Phi) is 4.96. The molecule has 1 aliphatic rings. The lowest BCUT2D eigenvalue weighted by atomic mass is 10.2. The molecule has 1 fully saturated rings. The molecule has 0 amide bonds. The van der Waals surface area contributed by atoms with Gasteiger partial charge in [-0.2, -0.15) is 0 Å². The van der Waals surface area contributed by atoms with Gasteiger partial charge in [0.05, 0.1) is 18.8 Å². The number of carbonyl (C=O) groups is 1. The largest absolute Gasteiger partial charge is 0.463 e. The molecule has 2 atom stereocenters. The Morgan fingerprint density at radius 1 is 1.44 bits per heavy atom. The molecule has 0 spiro atoms. The Bertz CT molecular complexity index is 255. The van der Waals surface area contributed by atoms with E-state index in [1.54, 1.807) is 6.92 Å². The van der Waals surface area contributed by atoms with Gasteiger partial charge in [-0.25, -0.2) is 4.79 Å². The topological polar surface area (TPSA) is 38.8 Å². The predicted octanol–water partition coefficient (Wildman–Crippen LogP) is 1.21. The maximum Gasteiger partial charge on any atom is 0.334 e. The van der Waals surface area contributed by atoms with Crippen molar-refractivity contribution >= 4 is 5.97 Å². The highest BCUT2D eigenvalue weighted by atomic mass is 16.5. The fourth-order valence-electron chi connectivity index (χ4n) is 1.98. The van der Waals surface area contributed by atoms with Crippen molar-refractivity contribution in [3.8, 4) is 0 Å². The summed E-state index contributed by atoms with van der Waals surface area (Å²) in [6.07, 6.45) is 0.414. The van der Waals surface area contributed by atoms with E-state index in [0.29, 0.717) is 18.7 Å². The molecule has 92 valence electrons. The second kappa shape index (κ2) is 6.01. The number of rotatable bonds is 4. The van der Waals surface area contributed by atoms with Crippen molar-refractivity contribution in [2.24, 2.45) is 0 Å². The Labute approximate surface area is 97.2 Å². The Balaban J connectivity index is 2.41. The number of nitrogens with zero attached hydrogens (tertiary/aromatic N) is 1. The van der Waals surface area contributed by atoms with Crippen LogP contribution < -0.4 is 0 Å². The average Bonchev–Trinajstić information content (AvgIpc) is 2.16. The maximum atomic E-state index is 11.4. The van der Waals surface area contributed by atoms with Crippen LogP contribution in [0.15, 0.2) is 12.2 Å². The monoisotopic (exact) mass is 227 g/mol. The first-order valence-corrected chi connectivity index (χ1v) is 5.75. The molecule has 4 heteroatoms. The number of hydrogen-bond donors (Lipinski definition) is 0. The second-order valence-corrected chi connectivity index (χ2v) is 4.28. The Hall–Kier alpha value is -0.870. The van der Waals surface area contributed by atoms with Gasteiger partial charge in [0.1, 0.15) is 0 Å². The van der Waals surface area contributed by atoms with Crippen LogP contribution in [-0.4, -0.2) is 49.3 Å². The molecule has 1 saturated heterocycles. The van der Waals surface area contributed by atoms with Crippen molar-refractivity contribution in [1.82, 2.24) is 4.90 Å². The van der Waals surface area contributed by atoms with Gasteiger partial charge < -0.3 is 9.47 Å². The van der Waals surface area contributed by atoms with Crippen molar-refractivity contribution in [3.63, 3.8) is 0 Å². The molecule has 1 rings (SSSR count). The van der Waals surface area contributed by atoms with Gasteiger partial charge in [-0.05, 0) is 20.8 Å². The molecular weight excluding hydrogens is 206 g/mol. The molecular formula is C12H21NO3. The average molecular weight is 227 g/mol. The fraction of sp³-hybridized carbons (Fsp3) is 0.750. The summed E-state index contributed by atoms with van der Waals surface area (Å²) >= 11 is 0. The maximum absolute atomic E-state index is 11.4. The highest BCUT2D eigenvalue weighted by Crippen LogP contribution is 2.12. The molecule has 1 aliphatic heterocycles. The summed E-state index contributed by atoms with van der Waals surface area (Å²) in [5.41, 5.74) is 0.517. The molecule has 4 nitrogen and oxygen atoms in total. The molecule has 0 bridgehead atoms. The van der Waals surface area contributed by atoms with E-state index in [4.69, 9.17) is 9.47 Å². The lowest BCUT2D eigenvalue weighted by Crippen LogP contribution is -2.46. The normalized spacial score (nSPS) is 26.4. The molecule has 0 radical (unpaired) electrons. The summed E-state index contributed by atoms with van der Waals surface area (Å²) in [6, 6.07) is 0. The zero-order valence-corrected chi connectivity index (χ0v) is 10.4. The molecule has 0 aromatic carbocycles. The van der Waals surface area contributed by atoms with Gasteiger partial charge >= 0.3 is 5.97 Å². The van der Waals surface area contributed by atoms with E-state index in [1.807, 2.05) is 13.8 Å². The van der Waals surface area contributed by atoms with Crippen LogP contribution in [0.5, 0.6) is 0 Å². The van der Waals surface area contributed by atoms with Crippen LogP contribution in [-0.2, 0) is 14.3 Å². The first-order valence-electron chi connectivity index (χ1n) is 5.75. The van der Waals surface area contributed by atoms with Gasteiger partial charge in [-0.15, -0.1) is 0 Å². The molecule has 0 unspecified atom stereocenters. The van der Waals surface area contributed by atoms with E-state index in [2.05, 4.69) is 11.5 Å². The number of ether oxygens (including phenoxy) is 2. The van der Waals surface area contributed by atoms with E-state index in [1.165, 1.54) is 0 Å². The number of morpholine rings is 1. The third-order valence-electron chi connectivity index (χ3n) is 2.47. The number of hydrogen-bond acceptors (Lipinski definition) is 4. The van der Waals surface area contributed by atoms with E-state index in [9.17, 15) is 4.79 Å². The van der Waals surface area contributed by atoms with E-state index >= 15 is 0 Å². The molecule has 1 heterocycles. The van der Waals surface area contributed by atoms with Gasteiger partial charge in [0.25, 0.3) is 0 Å². The summed E-state index contributed by atoms with van der Waals surface area (Å²) in [5, 5.41) is 0. The van der Waals surface area contributed by atoms with Gasteiger partial charge in [-0.1, -0.05) is 6.58 Å². The second-order valence-electron chi connectivity index (χ2n) is 4.28. The quantitative estimate of drug-likeness (QED) is 0.534. The van der Waals surface area contributed by atoms with Crippen LogP contribution in [0.1, 0.15) is 20.8 Å². The highest BCUT2D eigenvalue weighted by molar-refractivity contribution is 5.88. The third kappa shape index (κ3) is 3.94. The minimum atomic E-state index is -0.297. The summed E-state index contributed by atoms with van der Waals surface area (Å²) < 4.78 is 10.5. The SMILES string of the molecule is C=C(CN1C[C@@H](C)O[C@@H](C)C1)C(=O)OCC. The summed E-state index contributed by atoms with van der Waals surface area (Å²) in [4.78, 5) is 13.6. The zero-order chi connectivity index (χ0) is 12.1. The predicted molar refractivity (Wildman–Crippen MR) is 62.2 cm³/mol. The first kappa shape index (κ1) is 13.2. The van der Waals surface area contributed by atoms with Gasteiger partial charge in [-0.3, -0.25) is 4.90 Å². The zero-order valence-electron chi connectivity index (χ0n) is 10.4. The molecule has 0 saturated carbocycles. The van der Waals surface area contributed by atoms with Crippen LogP contribution in [0.2, 0.25) is 0 Å². The summed E-state index contributed by atoms with van der Waals surface area (Å²) in [6.45, 7) is 12.3. The first-order chi connectivity index (χ1) is 7.52. The Morgan fingerprint density at radius 3 is 2.50 bits per heavy atom. The van der Waals surface area contributed by atoms with Crippen molar-refractivity contribution in [2.45, 2.75) is 33.0 Å². The highest BCUT2D eigenvalue weighted by Gasteiger charge is 2.23. The van der Waals surface area contributed by atoms with Gasteiger partial charge in [0.2, 0.25) is 0 Å². The van der Waals surface area contributed by atoms with Crippen molar-refractivity contribution in [3.05, 3.63) is 12.2 Å². The third-order valence-corrected chi connectivity index (χ3v) is 2.47. The van der Waals surface area contributed by atoms with Crippen LogP contribution in [0.4, 0.5) is 0 Å². The lowest BCUT2D eigenvalue weighted by Gasteiger charge is -2.35. The standard InChI is InChI=1S/C12H21NO3/c1-5-15-12(14)9(2)6-13-7-10(3)16-11(4)8-13/h10-11H,2,5-8H2,1,3-4H3/t10-,11+.